The second-order valence-electron chi connectivity index (χ2n) is 4.85. The fourth-order valence-corrected chi connectivity index (χ4v) is 1.31. The van der Waals surface area contributed by atoms with Crippen molar-refractivity contribution in [3.05, 3.63) is 0 Å². The Labute approximate surface area is 80.7 Å². The number of nitrogens with zero attached hydrogens (tertiary/aromatic N) is 1. The molecule has 13 heavy (non-hydrogen) atoms. The van der Waals surface area contributed by atoms with Gasteiger partial charge in [-0.25, -0.2) is 0 Å². The molecule has 0 saturated heterocycles. The summed E-state index contributed by atoms with van der Waals surface area (Å²) in [6, 6.07) is 0. The van der Waals surface area contributed by atoms with Crippen LogP contribution < -0.4 is 0 Å². The lowest BCUT2D eigenvalue weighted by atomic mass is 9.79. The lowest BCUT2D eigenvalue weighted by Gasteiger charge is -2.27. The Morgan fingerprint density at radius 2 is 1.85 bits per heavy atom. The van der Waals surface area contributed by atoms with Crippen LogP contribution in [0, 0.1) is 11.3 Å². The molecule has 1 unspecified atom stereocenters. The zero-order chi connectivity index (χ0) is 10.6. The van der Waals surface area contributed by atoms with E-state index >= 15 is 0 Å². The van der Waals surface area contributed by atoms with Crippen molar-refractivity contribution >= 4 is 5.97 Å². The van der Waals surface area contributed by atoms with Gasteiger partial charge in [0.2, 0.25) is 0 Å². The number of carbonyl (C=O) groups is 1. The van der Waals surface area contributed by atoms with Crippen LogP contribution in [0.3, 0.4) is 0 Å². The number of carboxylic acid groups (broad SMARTS) is 1. The van der Waals surface area contributed by atoms with Crippen LogP contribution in [0.15, 0.2) is 0 Å². The van der Waals surface area contributed by atoms with Crippen LogP contribution in [-0.2, 0) is 4.79 Å². The third-order valence-corrected chi connectivity index (χ3v) is 2.21. The highest BCUT2D eigenvalue weighted by molar-refractivity contribution is 5.70. The summed E-state index contributed by atoms with van der Waals surface area (Å²) >= 11 is 0. The highest BCUT2D eigenvalue weighted by atomic mass is 16.4. The maximum Gasteiger partial charge on any atom is 0.307 e. The molecule has 1 atom stereocenters. The monoisotopic (exact) mass is 187 g/mol. The van der Waals surface area contributed by atoms with Crippen LogP contribution in [0.5, 0.6) is 0 Å². The van der Waals surface area contributed by atoms with Crippen molar-refractivity contribution in [2.45, 2.75) is 27.2 Å². The van der Waals surface area contributed by atoms with Crippen molar-refractivity contribution in [1.29, 1.82) is 0 Å². The van der Waals surface area contributed by atoms with Gasteiger partial charge < -0.3 is 10.0 Å². The third kappa shape index (κ3) is 4.88. The molecule has 0 bridgehead atoms. The van der Waals surface area contributed by atoms with Gasteiger partial charge in [-0.1, -0.05) is 20.8 Å². The molecule has 0 aliphatic carbocycles. The smallest absolute Gasteiger partial charge is 0.307 e. The van der Waals surface area contributed by atoms with E-state index in [9.17, 15) is 4.79 Å². The normalized spacial score (nSPS) is 14.6. The Bertz CT molecular complexity index is 170. The molecule has 1 N–H and O–H groups in total. The first-order valence-electron chi connectivity index (χ1n) is 4.62. The quantitative estimate of drug-likeness (QED) is 0.728. The van der Waals surface area contributed by atoms with E-state index in [1.807, 2.05) is 39.8 Å². The molecule has 0 aromatic carbocycles. The van der Waals surface area contributed by atoms with E-state index in [1.54, 1.807) is 0 Å². The van der Waals surface area contributed by atoms with Crippen molar-refractivity contribution in [2.75, 3.05) is 20.6 Å². The molecule has 0 aliphatic rings. The van der Waals surface area contributed by atoms with Crippen molar-refractivity contribution in [1.82, 2.24) is 4.90 Å². The second kappa shape index (κ2) is 4.61. The number of aliphatic carboxylic acids is 1. The molecule has 0 amide bonds. The average molecular weight is 187 g/mol. The molecule has 0 radical (unpaired) electrons. The topological polar surface area (TPSA) is 40.5 Å². The van der Waals surface area contributed by atoms with Gasteiger partial charge in [0.25, 0.3) is 0 Å². The standard InChI is InChI=1S/C10H21NO2/c1-10(2,3)8(9(12)13)6-7-11(4)5/h8H,6-7H2,1-5H3,(H,12,13). The van der Waals surface area contributed by atoms with Gasteiger partial charge in [0, 0.05) is 0 Å². The summed E-state index contributed by atoms with van der Waals surface area (Å²) in [5.74, 6) is -0.941. The highest BCUT2D eigenvalue weighted by Crippen LogP contribution is 2.28. The maximum atomic E-state index is 10.9. The molecule has 0 rings (SSSR count). The Hall–Kier alpha value is -0.570. The lowest BCUT2D eigenvalue weighted by Crippen LogP contribution is -2.31. The first-order valence-corrected chi connectivity index (χ1v) is 4.62. The number of rotatable bonds is 4. The van der Waals surface area contributed by atoms with Crippen LogP contribution in [0.2, 0.25) is 0 Å². The zero-order valence-electron chi connectivity index (χ0n) is 9.29. The molecule has 0 aliphatic heterocycles. The van der Waals surface area contributed by atoms with E-state index < -0.39 is 5.97 Å². The summed E-state index contributed by atoms with van der Waals surface area (Å²) in [6.07, 6.45) is 0.714. The minimum atomic E-state index is -0.686. The van der Waals surface area contributed by atoms with E-state index in [0.717, 1.165) is 6.54 Å². The SMILES string of the molecule is CN(C)CCC(C(=O)O)C(C)(C)C. The van der Waals surface area contributed by atoms with Gasteiger partial charge in [0.1, 0.15) is 0 Å². The van der Waals surface area contributed by atoms with E-state index in [0.29, 0.717) is 6.42 Å². The van der Waals surface area contributed by atoms with Crippen molar-refractivity contribution < 1.29 is 9.90 Å². The van der Waals surface area contributed by atoms with Gasteiger partial charge in [0.05, 0.1) is 5.92 Å². The highest BCUT2D eigenvalue weighted by Gasteiger charge is 2.30. The molecule has 0 saturated carbocycles. The molecule has 0 spiro atoms. The number of hydrogen-bond acceptors (Lipinski definition) is 2. The van der Waals surface area contributed by atoms with Crippen LogP contribution in [0.1, 0.15) is 27.2 Å². The van der Waals surface area contributed by atoms with Crippen LogP contribution >= 0.6 is 0 Å². The molecule has 0 aromatic rings. The van der Waals surface area contributed by atoms with Crippen LogP contribution in [-0.4, -0.2) is 36.6 Å². The van der Waals surface area contributed by atoms with Crippen LogP contribution in [0.25, 0.3) is 0 Å². The van der Waals surface area contributed by atoms with Gasteiger partial charge in [-0.3, -0.25) is 4.79 Å². The van der Waals surface area contributed by atoms with E-state index in [1.165, 1.54) is 0 Å². The summed E-state index contributed by atoms with van der Waals surface area (Å²) in [6.45, 7) is 6.75. The molecule has 3 heteroatoms. The fourth-order valence-electron chi connectivity index (χ4n) is 1.31. The Balaban J connectivity index is 4.20. The number of carboxylic acids is 1. The van der Waals surface area contributed by atoms with E-state index in [4.69, 9.17) is 5.11 Å². The summed E-state index contributed by atoms with van der Waals surface area (Å²) in [5, 5.41) is 9.00. The predicted octanol–water partition coefficient (Wildman–Crippen LogP) is 1.68. The zero-order valence-corrected chi connectivity index (χ0v) is 9.29. The molecule has 0 fully saturated rings. The Morgan fingerprint density at radius 3 is 2.08 bits per heavy atom. The number of hydrogen-bond donors (Lipinski definition) is 1. The van der Waals surface area contributed by atoms with Crippen LogP contribution in [0.4, 0.5) is 0 Å². The molecular weight excluding hydrogens is 166 g/mol. The van der Waals surface area contributed by atoms with Gasteiger partial charge in [-0.2, -0.15) is 0 Å². The minimum absolute atomic E-state index is 0.151. The van der Waals surface area contributed by atoms with Crippen molar-refractivity contribution in [2.24, 2.45) is 11.3 Å². The average Bonchev–Trinajstić information content (AvgIpc) is 1.81. The minimum Gasteiger partial charge on any atom is -0.481 e. The Morgan fingerprint density at radius 1 is 1.38 bits per heavy atom. The summed E-state index contributed by atoms with van der Waals surface area (Å²) < 4.78 is 0. The largest absolute Gasteiger partial charge is 0.481 e. The van der Waals surface area contributed by atoms with Crippen molar-refractivity contribution in [3.8, 4) is 0 Å². The second-order valence-corrected chi connectivity index (χ2v) is 4.85. The summed E-state index contributed by atoms with van der Waals surface area (Å²) in [7, 11) is 3.92. The molecule has 3 nitrogen and oxygen atoms in total. The molecular formula is C10H21NO2. The molecule has 78 valence electrons. The van der Waals surface area contributed by atoms with Crippen molar-refractivity contribution in [3.63, 3.8) is 0 Å². The summed E-state index contributed by atoms with van der Waals surface area (Å²) in [4.78, 5) is 13.0. The first kappa shape index (κ1) is 12.4. The van der Waals surface area contributed by atoms with E-state index in [2.05, 4.69) is 0 Å². The molecule has 0 heterocycles. The maximum absolute atomic E-state index is 10.9. The van der Waals surface area contributed by atoms with Gasteiger partial charge in [-0.05, 0) is 32.5 Å². The van der Waals surface area contributed by atoms with Gasteiger partial charge in [0.15, 0.2) is 0 Å². The molecule has 0 aromatic heterocycles. The first-order chi connectivity index (χ1) is 5.75. The third-order valence-electron chi connectivity index (χ3n) is 2.21. The fraction of sp³-hybridized carbons (Fsp3) is 0.900. The predicted molar refractivity (Wildman–Crippen MR) is 53.8 cm³/mol. The lowest BCUT2D eigenvalue weighted by molar-refractivity contribution is -0.145. The van der Waals surface area contributed by atoms with Gasteiger partial charge in [-0.15, -0.1) is 0 Å². The van der Waals surface area contributed by atoms with E-state index in [-0.39, 0.29) is 11.3 Å². The Kier molecular flexibility index (Phi) is 4.40. The summed E-state index contributed by atoms with van der Waals surface area (Å²) in [5.41, 5.74) is -0.151. The van der Waals surface area contributed by atoms with Gasteiger partial charge >= 0.3 is 5.97 Å².